The van der Waals surface area contributed by atoms with Crippen molar-refractivity contribution < 1.29 is 14.3 Å². The molecule has 4 rings (SSSR count). The molecule has 1 saturated heterocycles. The zero-order valence-electron chi connectivity index (χ0n) is 18.9. The van der Waals surface area contributed by atoms with Crippen LogP contribution in [0.4, 0.5) is 11.4 Å². The van der Waals surface area contributed by atoms with Crippen LogP contribution in [-0.4, -0.2) is 49.5 Å². The van der Waals surface area contributed by atoms with Crippen LogP contribution >= 0.6 is 11.6 Å². The van der Waals surface area contributed by atoms with Crippen molar-refractivity contribution in [3.05, 3.63) is 65.7 Å². The molecule has 0 bridgehead atoms. The molecule has 2 amide bonds. The number of nitrogens with zero attached hydrogens (tertiary/aromatic N) is 2. The monoisotopic (exact) mass is 465 g/mol. The molecule has 0 radical (unpaired) electrons. The Balaban J connectivity index is 1.31. The normalized spacial score (nSPS) is 13.9. The van der Waals surface area contributed by atoms with Gasteiger partial charge in [-0.05, 0) is 41.1 Å². The maximum absolute atomic E-state index is 12.4. The lowest BCUT2D eigenvalue weighted by molar-refractivity contribution is -0.134. The smallest absolute Gasteiger partial charge is 0.262 e. The third-order valence-corrected chi connectivity index (χ3v) is 6.05. The van der Waals surface area contributed by atoms with Gasteiger partial charge in [0.25, 0.3) is 5.91 Å². The third kappa shape index (κ3) is 5.57. The number of benzene rings is 3. The molecule has 0 saturated carbocycles. The second-order valence-electron chi connectivity index (χ2n) is 8.48. The third-order valence-electron chi connectivity index (χ3n) is 5.75. The molecule has 0 spiro atoms. The fourth-order valence-corrected chi connectivity index (χ4v) is 4.28. The Labute approximate surface area is 199 Å². The number of carbonyl (C=O) groups excluding carboxylic acids is 2. The number of ether oxygens (including phenoxy) is 1. The lowest BCUT2D eigenvalue weighted by atomic mass is 10.1. The molecule has 0 aromatic heterocycles. The fourth-order valence-electron chi connectivity index (χ4n) is 3.98. The fraction of sp³-hybridized carbons (Fsp3) is 0.308. The molecule has 1 N–H and O–H groups in total. The van der Waals surface area contributed by atoms with E-state index in [1.54, 1.807) is 6.07 Å². The topological polar surface area (TPSA) is 61.9 Å². The largest absolute Gasteiger partial charge is 0.484 e. The standard InChI is InChI=1S/C26H28ClN3O3/c1-18(2)26(32)30-13-11-29(12-14-30)24-10-8-21(16-23(24)27)28-25(31)17-33-22-9-7-19-5-3-4-6-20(19)15-22/h3-10,15-16,18H,11-14,17H2,1-2H3,(H,28,31). The molecular weight excluding hydrogens is 438 g/mol. The van der Waals surface area contributed by atoms with E-state index in [-0.39, 0.29) is 24.3 Å². The van der Waals surface area contributed by atoms with Crippen molar-refractivity contribution in [2.24, 2.45) is 5.92 Å². The molecule has 7 heteroatoms. The van der Waals surface area contributed by atoms with E-state index in [0.717, 1.165) is 29.5 Å². The molecule has 3 aromatic rings. The highest BCUT2D eigenvalue weighted by Gasteiger charge is 2.24. The van der Waals surface area contributed by atoms with E-state index in [1.807, 2.05) is 73.3 Å². The number of amides is 2. The Morgan fingerprint density at radius 3 is 2.39 bits per heavy atom. The summed E-state index contributed by atoms with van der Waals surface area (Å²) in [7, 11) is 0. The number of piperazine rings is 1. The van der Waals surface area contributed by atoms with Crippen molar-refractivity contribution in [1.82, 2.24) is 4.90 Å². The summed E-state index contributed by atoms with van der Waals surface area (Å²) in [6.45, 7) is 6.56. The van der Waals surface area contributed by atoms with Crippen molar-refractivity contribution in [2.45, 2.75) is 13.8 Å². The van der Waals surface area contributed by atoms with E-state index in [2.05, 4.69) is 10.2 Å². The first-order valence-corrected chi connectivity index (χ1v) is 11.5. The summed E-state index contributed by atoms with van der Waals surface area (Å²) < 4.78 is 5.66. The number of rotatable bonds is 6. The highest BCUT2D eigenvalue weighted by Crippen LogP contribution is 2.30. The Bertz CT molecular complexity index is 1160. The van der Waals surface area contributed by atoms with Crippen LogP contribution in [0.5, 0.6) is 5.75 Å². The van der Waals surface area contributed by atoms with Gasteiger partial charge in [0.15, 0.2) is 6.61 Å². The number of hydrogen-bond acceptors (Lipinski definition) is 4. The Morgan fingerprint density at radius 2 is 1.70 bits per heavy atom. The highest BCUT2D eigenvalue weighted by molar-refractivity contribution is 6.33. The lowest BCUT2D eigenvalue weighted by Gasteiger charge is -2.37. The molecule has 33 heavy (non-hydrogen) atoms. The molecule has 1 heterocycles. The van der Waals surface area contributed by atoms with E-state index in [9.17, 15) is 9.59 Å². The van der Waals surface area contributed by atoms with Crippen LogP contribution in [0.25, 0.3) is 10.8 Å². The number of nitrogens with one attached hydrogen (secondary N) is 1. The van der Waals surface area contributed by atoms with Crippen molar-refractivity contribution >= 4 is 45.6 Å². The van der Waals surface area contributed by atoms with Crippen LogP contribution in [0.2, 0.25) is 5.02 Å². The molecule has 1 aliphatic rings. The van der Waals surface area contributed by atoms with Crippen molar-refractivity contribution in [2.75, 3.05) is 43.0 Å². The predicted octanol–water partition coefficient (Wildman–Crippen LogP) is 4.82. The average molecular weight is 466 g/mol. The summed E-state index contributed by atoms with van der Waals surface area (Å²) in [6, 6.07) is 19.2. The Morgan fingerprint density at radius 1 is 0.970 bits per heavy atom. The van der Waals surface area contributed by atoms with Gasteiger partial charge in [0.1, 0.15) is 5.75 Å². The molecule has 0 aliphatic carbocycles. The summed E-state index contributed by atoms with van der Waals surface area (Å²) in [5.41, 5.74) is 1.52. The van der Waals surface area contributed by atoms with E-state index < -0.39 is 0 Å². The van der Waals surface area contributed by atoms with E-state index in [4.69, 9.17) is 16.3 Å². The van der Waals surface area contributed by atoms with E-state index in [1.165, 1.54) is 0 Å². The maximum atomic E-state index is 12.4. The molecule has 0 unspecified atom stereocenters. The summed E-state index contributed by atoms with van der Waals surface area (Å²) in [5.74, 6) is 0.582. The number of anilines is 2. The molecule has 172 valence electrons. The Hall–Kier alpha value is -3.25. The SMILES string of the molecule is CC(C)C(=O)N1CCN(c2ccc(NC(=O)COc3ccc4ccccc4c3)cc2Cl)CC1. The minimum Gasteiger partial charge on any atom is -0.484 e. The zero-order valence-corrected chi connectivity index (χ0v) is 19.6. The van der Waals surface area contributed by atoms with Gasteiger partial charge in [-0.2, -0.15) is 0 Å². The molecule has 0 atom stereocenters. The minimum absolute atomic E-state index is 0.00764. The van der Waals surface area contributed by atoms with E-state index in [0.29, 0.717) is 29.5 Å². The average Bonchev–Trinajstić information content (AvgIpc) is 2.82. The van der Waals surface area contributed by atoms with Gasteiger partial charge in [-0.25, -0.2) is 0 Å². The van der Waals surface area contributed by atoms with Crippen molar-refractivity contribution in [1.29, 1.82) is 0 Å². The molecule has 6 nitrogen and oxygen atoms in total. The summed E-state index contributed by atoms with van der Waals surface area (Å²) in [4.78, 5) is 28.6. The minimum atomic E-state index is -0.257. The van der Waals surface area contributed by atoms with Crippen LogP contribution in [0.3, 0.4) is 0 Å². The molecule has 3 aromatic carbocycles. The van der Waals surface area contributed by atoms with Gasteiger partial charge >= 0.3 is 0 Å². The predicted molar refractivity (Wildman–Crippen MR) is 133 cm³/mol. The first-order valence-electron chi connectivity index (χ1n) is 11.2. The summed E-state index contributed by atoms with van der Waals surface area (Å²) >= 11 is 6.52. The lowest BCUT2D eigenvalue weighted by Crippen LogP contribution is -2.50. The van der Waals surface area contributed by atoms with Crippen LogP contribution in [0.1, 0.15) is 13.8 Å². The molecular formula is C26H28ClN3O3. The number of carbonyl (C=O) groups is 2. The van der Waals surface area contributed by atoms with Gasteiger partial charge in [0, 0.05) is 37.8 Å². The van der Waals surface area contributed by atoms with Crippen LogP contribution in [-0.2, 0) is 9.59 Å². The number of fused-ring (bicyclic) bond motifs is 1. The number of halogens is 1. The zero-order chi connectivity index (χ0) is 23.4. The van der Waals surface area contributed by atoms with E-state index >= 15 is 0 Å². The first kappa shape index (κ1) is 22.9. The highest BCUT2D eigenvalue weighted by atomic mass is 35.5. The second-order valence-corrected chi connectivity index (χ2v) is 8.89. The quantitative estimate of drug-likeness (QED) is 0.567. The van der Waals surface area contributed by atoms with Gasteiger partial charge in [-0.15, -0.1) is 0 Å². The van der Waals surface area contributed by atoms with Crippen molar-refractivity contribution in [3.8, 4) is 5.75 Å². The van der Waals surface area contributed by atoms with Gasteiger partial charge in [0.05, 0.1) is 10.7 Å². The van der Waals surface area contributed by atoms with Gasteiger partial charge in [-0.3, -0.25) is 9.59 Å². The summed E-state index contributed by atoms with van der Waals surface area (Å²) in [6.07, 6.45) is 0. The Kier molecular flexibility index (Phi) is 7.04. The second kappa shape index (κ2) is 10.1. The van der Waals surface area contributed by atoms with Crippen molar-refractivity contribution in [3.63, 3.8) is 0 Å². The van der Waals surface area contributed by atoms with Gasteiger partial charge in [0.2, 0.25) is 5.91 Å². The van der Waals surface area contributed by atoms with Gasteiger partial charge in [-0.1, -0.05) is 55.8 Å². The number of hydrogen-bond donors (Lipinski definition) is 1. The maximum Gasteiger partial charge on any atom is 0.262 e. The van der Waals surface area contributed by atoms with Crippen LogP contribution in [0.15, 0.2) is 60.7 Å². The van der Waals surface area contributed by atoms with Crippen LogP contribution < -0.4 is 15.0 Å². The van der Waals surface area contributed by atoms with Gasteiger partial charge < -0.3 is 19.9 Å². The molecule has 1 aliphatic heterocycles. The first-order chi connectivity index (χ1) is 15.9. The summed E-state index contributed by atoms with van der Waals surface area (Å²) in [5, 5.41) is 5.58. The molecule has 1 fully saturated rings. The van der Waals surface area contributed by atoms with Crippen LogP contribution in [0, 0.1) is 5.92 Å².